The van der Waals surface area contributed by atoms with E-state index in [2.05, 4.69) is 46.8 Å². The number of nitrogens with one attached hydrogen (secondary N) is 1. The predicted molar refractivity (Wildman–Crippen MR) is 121 cm³/mol. The van der Waals surface area contributed by atoms with Crippen LogP contribution in [0.1, 0.15) is 5.56 Å². The van der Waals surface area contributed by atoms with Crippen LogP contribution in [0.4, 0.5) is 11.4 Å². The summed E-state index contributed by atoms with van der Waals surface area (Å²) in [7, 11) is 0. The summed E-state index contributed by atoms with van der Waals surface area (Å²) in [5.41, 5.74) is 2.65. The summed E-state index contributed by atoms with van der Waals surface area (Å²) in [5, 5.41) is 31.3. The van der Waals surface area contributed by atoms with E-state index in [4.69, 9.17) is 0 Å². The van der Waals surface area contributed by atoms with E-state index in [1.54, 1.807) is 42.5 Å². The molecule has 10 heteroatoms. The Morgan fingerprint density at radius 3 is 2.63 bits per heavy atom. The lowest BCUT2D eigenvalue weighted by molar-refractivity contribution is -0.384. The molecule has 0 spiro atoms. The number of benzene rings is 3. The number of aliphatic imine (C=N–C) groups is 1. The number of rotatable bonds is 4. The van der Waals surface area contributed by atoms with Crippen LogP contribution in [0.25, 0.3) is 22.4 Å². The lowest BCUT2D eigenvalue weighted by atomic mass is 10.2. The van der Waals surface area contributed by atoms with Gasteiger partial charge in [0, 0.05) is 17.8 Å². The summed E-state index contributed by atoms with van der Waals surface area (Å²) < 4.78 is 0.572. The Kier molecular flexibility index (Phi) is 5.27. The second kappa shape index (κ2) is 7.88. The molecule has 0 aliphatic heterocycles. The molecule has 3 aromatic carbocycles. The summed E-state index contributed by atoms with van der Waals surface area (Å²) in [6, 6.07) is 13.2. The Labute approximate surface area is 186 Å². The van der Waals surface area contributed by atoms with E-state index in [-0.39, 0.29) is 21.7 Å². The van der Waals surface area contributed by atoms with Crippen LogP contribution in [0.3, 0.4) is 0 Å². The van der Waals surface area contributed by atoms with E-state index in [1.165, 1.54) is 12.3 Å². The number of fused-ring (bicyclic) bond motifs is 1. The number of para-hydroxylation sites is 1. The number of aromatic hydroxyl groups is 2. The SMILES string of the molecule is O=[N+]([O-])c1ccccc1-c1nc2ccc(N=Cc3cc(Br)c(O)c(Br)c3O)cc2[nH]1. The fourth-order valence-corrected chi connectivity index (χ4v) is 4.05. The Morgan fingerprint density at radius 2 is 1.87 bits per heavy atom. The smallest absolute Gasteiger partial charge is 0.280 e. The number of nitro benzene ring substituents is 1. The minimum absolute atomic E-state index is 0.0336. The molecule has 0 saturated carbocycles. The van der Waals surface area contributed by atoms with E-state index >= 15 is 0 Å². The third kappa shape index (κ3) is 3.66. The van der Waals surface area contributed by atoms with Crippen molar-refractivity contribution in [3.8, 4) is 22.9 Å². The van der Waals surface area contributed by atoms with Crippen molar-refractivity contribution in [1.82, 2.24) is 9.97 Å². The van der Waals surface area contributed by atoms with Gasteiger partial charge in [-0.1, -0.05) is 12.1 Å². The molecule has 0 bridgehead atoms. The first-order valence-corrected chi connectivity index (χ1v) is 10.1. The number of nitrogens with zero attached hydrogens (tertiary/aromatic N) is 3. The van der Waals surface area contributed by atoms with Crippen LogP contribution in [0, 0.1) is 10.1 Å². The summed E-state index contributed by atoms with van der Waals surface area (Å²) >= 11 is 6.34. The maximum Gasteiger partial charge on any atom is 0.280 e. The van der Waals surface area contributed by atoms with Gasteiger partial charge in [-0.3, -0.25) is 15.1 Å². The van der Waals surface area contributed by atoms with E-state index in [0.29, 0.717) is 38.1 Å². The van der Waals surface area contributed by atoms with Crippen molar-refractivity contribution in [2.24, 2.45) is 4.99 Å². The minimum atomic E-state index is -0.446. The first-order valence-electron chi connectivity index (χ1n) is 8.52. The molecule has 0 amide bonds. The zero-order valence-corrected chi connectivity index (χ0v) is 18.2. The monoisotopic (exact) mass is 530 g/mol. The summed E-state index contributed by atoms with van der Waals surface area (Å²) in [4.78, 5) is 22.7. The highest BCUT2D eigenvalue weighted by atomic mass is 79.9. The number of hydrogen-bond donors (Lipinski definition) is 3. The molecule has 0 saturated heterocycles. The van der Waals surface area contributed by atoms with Gasteiger partial charge in [-0.05, 0) is 62.2 Å². The average molecular weight is 532 g/mol. The summed E-state index contributed by atoms with van der Waals surface area (Å²) in [6.45, 7) is 0. The molecule has 8 nitrogen and oxygen atoms in total. The Balaban J connectivity index is 1.71. The molecule has 3 N–H and O–H groups in total. The van der Waals surface area contributed by atoms with Gasteiger partial charge in [0.15, 0.2) is 0 Å². The minimum Gasteiger partial charge on any atom is -0.506 e. The standard InChI is InChI=1S/C20H12Br2N4O4/c21-13-7-10(18(27)17(22)19(13)28)9-23-11-5-6-14-15(8-11)25-20(24-14)12-3-1-2-4-16(12)26(29)30/h1-9,27-28H,(H,24,25). The molecule has 0 aliphatic rings. The maximum absolute atomic E-state index is 11.3. The van der Waals surface area contributed by atoms with Crippen molar-refractivity contribution >= 4 is 60.5 Å². The van der Waals surface area contributed by atoms with Crippen molar-refractivity contribution in [1.29, 1.82) is 0 Å². The molecule has 1 heterocycles. The van der Waals surface area contributed by atoms with Crippen LogP contribution >= 0.6 is 31.9 Å². The zero-order chi connectivity index (χ0) is 21.4. The van der Waals surface area contributed by atoms with Gasteiger partial charge in [-0.15, -0.1) is 0 Å². The second-order valence-electron chi connectivity index (χ2n) is 6.28. The summed E-state index contributed by atoms with van der Waals surface area (Å²) in [6.07, 6.45) is 1.46. The van der Waals surface area contributed by atoms with Crippen LogP contribution in [-0.4, -0.2) is 31.3 Å². The molecule has 0 atom stereocenters. The average Bonchev–Trinajstić information content (AvgIpc) is 3.17. The van der Waals surface area contributed by atoms with Gasteiger partial charge in [0.1, 0.15) is 21.8 Å². The van der Waals surface area contributed by atoms with Crippen molar-refractivity contribution < 1.29 is 15.1 Å². The highest BCUT2D eigenvalue weighted by Gasteiger charge is 2.17. The quantitative estimate of drug-likeness (QED) is 0.174. The van der Waals surface area contributed by atoms with Crippen molar-refractivity contribution in [3.05, 3.63) is 73.2 Å². The highest BCUT2D eigenvalue weighted by Crippen LogP contribution is 2.40. The van der Waals surface area contributed by atoms with E-state index in [0.717, 1.165) is 0 Å². The van der Waals surface area contributed by atoms with Gasteiger partial charge in [-0.25, -0.2) is 4.98 Å². The molecule has 30 heavy (non-hydrogen) atoms. The van der Waals surface area contributed by atoms with Crippen molar-refractivity contribution in [2.75, 3.05) is 0 Å². The predicted octanol–water partition coefficient (Wildman–Crippen LogP) is 5.82. The number of nitro groups is 1. The van der Waals surface area contributed by atoms with Crippen molar-refractivity contribution in [2.45, 2.75) is 0 Å². The van der Waals surface area contributed by atoms with Crippen LogP contribution in [-0.2, 0) is 0 Å². The lowest BCUT2D eigenvalue weighted by Gasteiger charge is -2.06. The fourth-order valence-electron chi connectivity index (χ4n) is 2.90. The van der Waals surface area contributed by atoms with E-state index in [9.17, 15) is 20.3 Å². The largest absolute Gasteiger partial charge is 0.506 e. The number of imidazole rings is 1. The van der Waals surface area contributed by atoms with Gasteiger partial charge < -0.3 is 15.2 Å². The molecular formula is C20H12Br2N4O4. The first-order chi connectivity index (χ1) is 14.3. The third-order valence-corrected chi connectivity index (χ3v) is 5.73. The third-order valence-electron chi connectivity index (χ3n) is 4.37. The molecule has 0 fully saturated rings. The van der Waals surface area contributed by atoms with Crippen LogP contribution < -0.4 is 0 Å². The Morgan fingerprint density at radius 1 is 1.10 bits per heavy atom. The van der Waals surface area contributed by atoms with E-state index in [1.807, 2.05) is 0 Å². The number of phenolic OH excluding ortho intramolecular Hbond substituents is 2. The van der Waals surface area contributed by atoms with Crippen LogP contribution in [0.2, 0.25) is 0 Å². The zero-order valence-electron chi connectivity index (χ0n) is 15.0. The number of hydrogen-bond acceptors (Lipinski definition) is 6. The molecule has 4 rings (SSSR count). The molecule has 0 unspecified atom stereocenters. The van der Waals surface area contributed by atoms with Crippen molar-refractivity contribution in [3.63, 3.8) is 0 Å². The van der Waals surface area contributed by atoms with Crippen LogP contribution in [0.5, 0.6) is 11.5 Å². The van der Waals surface area contributed by atoms with Gasteiger partial charge in [0.05, 0.1) is 31.7 Å². The Bertz CT molecular complexity index is 1330. The van der Waals surface area contributed by atoms with Gasteiger partial charge in [-0.2, -0.15) is 0 Å². The number of aromatic nitrogens is 2. The normalized spacial score (nSPS) is 11.4. The molecule has 0 aliphatic carbocycles. The second-order valence-corrected chi connectivity index (χ2v) is 7.93. The lowest BCUT2D eigenvalue weighted by Crippen LogP contribution is -1.92. The molecule has 4 aromatic rings. The highest BCUT2D eigenvalue weighted by molar-refractivity contribution is 9.11. The topological polar surface area (TPSA) is 125 Å². The maximum atomic E-state index is 11.3. The Hall–Kier alpha value is -3.24. The number of halogens is 2. The first kappa shape index (κ1) is 20.0. The van der Waals surface area contributed by atoms with Crippen LogP contribution in [0.15, 0.2) is 62.5 Å². The fraction of sp³-hybridized carbons (Fsp3) is 0. The molecule has 0 radical (unpaired) electrons. The van der Waals surface area contributed by atoms with Gasteiger partial charge in [0.25, 0.3) is 5.69 Å². The number of phenols is 2. The molecular weight excluding hydrogens is 520 g/mol. The van der Waals surface area contributed by atoms with E-state index < -0.39 is 4.92 Å². The number of aromatic amines is 1. The summed E-state index contributed by atoms with van der Waals surface area (Å²) in [5.74, 6) is 0.147. The molecule has 150 valence electrons. The molecule has 1 aromatic heterocycles. The number of H-pyrrole nitrogens is 1. The van der Waals surface area contributed by atoms with Gasteiger partial charge in [0.2, 0.25) is 0 Å². The van der Waals surface area contributed by atoms with Gasteiger partial charge >= 0.3 is 0 Å².